The van der Waals surface area contributed by atoms with Gasteiger partial charge in [-0.15, -0.1) is 0 Å². The lowest BCUT2D eigenvalue weighted by atomic mass is 10.2. The van der Waals surface area contributed by atoms with Crippen LogP contribution in [0.1, 0.15) is 38.4 Å². The highest BCUT2D eigenvalue weighted by Gasteiger charge is 2.11. The highest BCUT2D eigenvalue weighted by molar-refractivity contribution is 5.04. The molecule has 90 valence electrons. The minimum absolute atomic E-state index is 0.175. The predicted molar refractivity (Wildman–Crippen MR) is 64.2 cm³/mol. The molecule has 1 unspecified atom stereocenters. The maximum absolute atomic E-state index is 5.57. The summed E-state index contributed by atoms with van der Waals surface area (Å²) in [6.45, 7) is 6.71. The smallest absolute Gasteiger partial charge is 0.115 e. The molecule has 1 atom stereocenters. The van der Waals surface area contributed by atoms with Crippen LogP contribution in [0, 0.1) is 0 Å². The third kappa shape index (κ3) is 4.68. The van der Waals surface area contributed by atoms with E-state index in [1.807, 2.05) is 6.07 Å². The quantitative estimate of drug-likeness (QED) is 0.684. The average Bonchev–Trinajstić information content (AvgIpc) is 2.35. The molecule has 0 spiro atoms. The first-order valence-corrected chi connectivity index (χ1v) is 5.95. The number of ether oxygens (including phenoxy) is 1. The molecule has 0 saturated carbocycles. The molecular formula is C12H21N3O. The predicted octanol–water partition coefficient (Wildman–Crippen LogP) is 1.94. The minimum atomic E-state index is 0.175. The van der Waals surface area contributed by atoms with Gasteiger partial charge in [0, 0.05) is 12.8 Å². The summed E-state index contributed by atoms with van der Waals surface area (Å²) in [7, 11) is 0. The zero-order chi connectivity index (χ0) is 11.6. The van der Waals surface area contributed by atoms with Crippen LogP contribution in [0.25, 0.3) is 0 Å². The molecule has 0 saturated heterocycles. The zero-order valence-corrected chi connectivity index (χ0v) is 10.1. The summed E-state index contributed by atoms with van der Waals surface area (Å²) >= 11 is 0. The van der Waals surface area contributed by atoms with Crippen molar-refractivity contribution in [2.24, 2.45) is 0 Å². The van der Waals surface area contributed by atoms with Gasteiger partial charge in [-0.05, 0) is 25.5 Å². The van der Waals surface area contributed by atoms with E-state index in [1.54, 1.807) is 12.5 Å². The van der Waals surface area contributed by atoms with E-state index >= 15 is 0 Å². The molecule has 0 aliphatic heterocycles. The van der Waals surface area contributed by atoms with Crippen molar-refractivity contribution in [1.29, 1.82) is 0 Å². The van der Waals surface area contributed by atoms with Crippen LogP contribution in [0.4, 0.5) is 0 Å². The van der Waals surface area contributed by atoms with Gasteiger partial charge < -0.3 is 10.1 Å². The fraction of sp³-hybridized carbons (Fsp3) is 0.667. The monoisotopic (exact) mass is 223 g/mol. The SMILES string of the molecule is CCCNC(COCCC)c1ccncn1. The number of nitrogens with one attached hydrogen (secondary N) is 1. The summed E-state index contributed by atoms with van der Waals surface area (Å²) in [6, 6.07) is 2.11. The molecule has 0 aliphatic rings. The Bertz CT molecular complexity index is 266. The first-order chi connectivity index (χ1) is 7.88. The van der Waals surface area contributed by atoms with Gasteiger partial charge in [0.15, 0.2) is 0 Å². The second-order valence-electron chi connectivity index (χ2n) is 3.72. The first-order valence-electron chi connectivity index (χ1n) is 5.95. The molecule has 16 heavy (non-hydrogen) atoms. The van der Waals surface area contributed by atoms with Gasteiger partial charge in [-0.1, -0.05) is 13.8 Å². The number of aromatic nitrogens is 2. The van der Waals surface area contributed by atoms with Gasteiger partial charge in [0.25, 0.3) is 0 Å². The van der Waals surface area contributed by atoms with Crippen molar-refractivity contribution < 1.29 is 4.74 Å². The van der Waals surface area contributed by atoms with E-state index in [1.165, 1.54) is 0 Å². The lowest BCUT2D eigenvalue weighted by Crippen LogP contribution is -2.27. The van der Waals surface area contributed by atoms with Crippen LogP contribution >= 0.6 is 0 Å². The van der Waals surface area contributed by atoms with Crippen molar-refractivity contribution in [3.8, 4) is 0 Å². The van der Waals surface area contributed by atoms with E-state index in [4.69, 9.17) is 4.74 Å². The molecule has 1 aromatic heterocycles. The summed E-state index contributed by atoms with van der Waals surface area (Å²) in [6.07, 6.45) is 5.50. The fourth-order valence-corrected chi connectivity index (χ4v) is 1.42. The second kappa shape index (κ2) is 8.19. The number of rotatable bonds is 8. The summed E-state index contributed by atoms with van der Waals surface area (Å²) in [5, 5.41) is 3.43. The van der Waals surface area contributed by atoms with Crippen molar-refractivity contribution in [3.63, 3.8) is 0 Å². The van der Waals surface area contributed by atoms with Crippen LogP contribution in [-0.2, 0) is 4.74 Å². The molecule has 4 nitrogen and oxygen atoms in total. The Kier molecular flexibility index (Phi) is 6.69. The molecule has 0 amide bonds. The van der Waals surface area contributed by atoms with E-state index in [-0.39, 0.29) is 6.04 Å². The van der Waals surface area contributed by atoms with Gasteiger partial charge in [0.1, 0.15) is 6.33 Å². The van der Waals surface area contributed by atoms with Crippen LogP contribution < -0.4 is 5.32 Å². The fourth-order valence-electron chi connectivity index (χ4n) is 1.42. The molecule has 1 N–H and O–H groups in total. The summed E-state index contributed by atoms with van der Waals surface area (Å²) < 4.78 is 5.57. The van der Waals surface area contributed by atoms with Crippen LogP contribution in [0.5, 0.6) is 0 Å². The van der Waals surface area contributed by atoms with Gasteiger partial charge in [-0.25, -0.2) is 9.97 Å². The molecule has 0 fully saturated rings. The Labute approximate surface area is 97.5 Å². The maximum atomic E-state index is 5.57. The van der Waals surface area contributed by atoms with Crippen LogP contribution in [0.3, 0.4) is 0 Å². The zero-order valence-electron chi connectivity index (χ0n) is 10.1. The maximum Gasteiger partial charge on any atom is 0.115 e. The minimum Gasteiger partial charge on any atom is -0.379 e. The Morgan fingerprint density at radius 3 is 2.88 bits per heavy atom. The Morgan fingerprint density at radius 2 is 2.25 bits per heavy atom. The third-order valence-corrected chi connectivity index (χ3v) is 2.24. The van der Waals surface area contributed by atoms with E-state index in [9.17, 15) is 0 Å². The molecule has 1 heterocycles. The second-order valence-corrected chi connectivity index (χ2v) is 3.72. The summed E-state index contributed by atoms with van der Waals surface area (Å²) in [5.41, 5.74) is 1.000. The molecule has 0 radical (unpaired) electrons. The van der Waals surface area contributed by atoms with Crippen LogP contribution in [-0.4, -0.2) is 29.7 Å². The first kappa shape index (κ1) is 13.1. The van der Waals surface area contributed by atoms with Gasteiger partial charge in [-0.2, -0.15) is 0 Å². The van der Waals surface area contributed by atoms with Crippen molar-refractivity contribution >= 4 is 0 Å². The molecule has 0 aliphatic carbocycles. The Balaban J connectivity index is 2.49. The van der Waals surface area contributed by atoms with Crippen molar-refractivity contribution in [2.45, 2.75) is 32.7 Å². The molecule has 1 aromatic rings. The topological polar surface area (TPSA) is 47.0 Å². The normalized spacial score (nSPS) is 12.6. The van der Waals surface area contributed by atoms with E-state index in [2.05, 4.69) is 29.1 Å². The highest BCUT2D eigenvalue weighted by atomic mass is 16.5. The molecule has 0 bridgehead atoms. The molecule has 0 aromatic carbocycles. The summed E-state index contributed by atoms with van der Waals surface area (Å²) in [5.74, 6) is 0. The van der Waals surface area contributed by atoms with Crippen molar-refractivity contribution in [2.75, 3.05) is 19.8 Å². The van der Waals surface area contributed by atoms with Gasteiger partial charge in [0.2, 0.25) is 0 Å². The molecule has 4 heteroatoms. The summed E-state index contributed by atoms with van der Waals surface area (Å²) in [4.78, 5) is 8.18. The average molecular weight is 223 g/mol. The van der Waals surface area contributed by atoms with E-state index in [0.717, 1.165) is 31.7 Å². The van der Waals surface area contributed by atoms with Crippen molar-refractivity contribution in [3.05, 3.63) is 24.3 Å². The van der Waals surface area contributed by atoms with Crippen LogP contribution in [0.2, 0.25) is 0 Å². The van der Waals surface area contributed by atoms with E-state index in [0.29, 0.717) is 6.61 Å². The third-order valence-electron chi connectivity index (χ3n) is 2.24. The number of hydrogen-bond donors (Lipinski definition) is 1. The molecule has 1 rings (SSSR count). The lowest BCUT2D eigenvalue weighted by molar-refractivity contribution is 0.111. The standard InChI is InChI=1S/C12H21N3O/c1-3-6-14-12(9-16-8-4-2)11-5-7-13-10-15-11/h5,7,10,12,14H,3-4,6,8-9H2,1-2H3. The molecular weight excluding hydrogens is 202 g/mol. The van der Waals surface area contributed by atoms with Gasteiger partial charge in [0.05, 0.1) is 18.3 Å². The number of nitrogens with zero attached hydrogens (tertiary/aromatic N) is 2. The lowest BCUT2D eigenvalue weighted by Gasteiger charge is -2.17. The van der Waals surface area contributed by atoms with Crippen LogP contribution in [0.15, 0.2) is 18.6 Å². The Morgan fingerprint density at radius 1 is 1.38 bits per heavy atom. The highest BCUT2D eigenvalue weighted by Crippen LogP contribution is 2.09. The van der Waals surface area contributed by atoms with E-state index < -0.39 is 0 Å². The Hall–Kier alpha value is -1.00. The van der Waals surface area contributed by atoms with Crippen molar-refractivity contribution in [1.82, 2.24) is 15.3 Å². The largest absolute Gasteiger partial charge is 0.379 e. The van der Waals surface area contributed by atoms with Gasteiger partial charge in [-0.3, -0.25) is 0 Å². The number of hydrogen-bond acceptors (Lipinski definition) is 4. The van der Waals surface area contributed by atoms with Gasteiger partial charge >= 0.3 is 0 Å².